The molecule has 0 saturated heterocycles. The van der Waals surface area contributed by atoms with Crippen molar-refractivity contribution in [2.75, 3.05) is 27.9 Å². The van der Waals surface area contributed by atoms with Gasteiger partial charge in [0.15, 0.2) is 5.78 Å². The van der Waals surface area contributed by atoms with Crippen LogP contribution in [-0.4, -0.2) is 39.3 Å². The summed E-state index contributed by atoms with van der Waals surface area (Å²) in [6, 6.07) is 8.65. The highest BCUT2D eigenvalue weighted by Gasteiger charge is 2.63. The van der Waals surface area contributed by atoms with Gasteiger partial charge in [-0.15, -0.1) is 0 Å². The van der Waals surface area contributed by atoms with Crippen LogP contribution >= 0.6 is 0 Å². The number of hydrogen-bond donors (Lipinski definition) is 0. The maximum absolute atomic E-state index is 12.2. The van der Waals surface area contributed by atoms with E-state index in [-0.39, 0.29) is 11.0 Å². The molecule has 4 nitrogen and oxygen atoms in total. The first kappa shape index (κ1) is 21.9. The Labute approximate surface area is 192 Å². The van der Waals surface area contributed by atoms with Crippen LogP contribution in [-0.2, 0) is 14.3 Å². The van der Waals surface area contributed by atoms with Crippen molar-refractivity contribution in [2.24, 2.45) is 17.3 Å². The lowest BCUT2D eigenvalue weighted by molar-refractivity contribution is -0.149. The quantitative estimate of drug-likeness (QED) is 0.600. The third-order valence-corrected chi connectivity index (χ3v) is 9.31. The maximum Gasteiger partial charge on any atom is 0.156 e. The largest absolute Gasteiger partial charge is 0.497 e. The fourth-order valence-electron chi connectivity index (χ4n) is 7.74. The lowest BCUT2D eigenvalue weighted by Crippen LogP contribution is -2.54. The summed E-state index contributed by atoms with van der Waals surface area (Å²) in [6.45, 7) is 3.10. The van der Waals surface area contributed by atoms with Gasteiger partial charge in [0, 0.05) is 32.0 Å². The molecule has 2 saturated carbocycles. The van der Waals surface area contributed by atoms with Gasteiger partial charge >= 0.3 is 0 Å². The van der Waals surface area contributed by atoms with E-state index in [1.54, 1.807) is 19.8 Å². The van der Waals surface area contributed by atoms with Crippen molar-refractivity contribution in [1.82, 2.24) is 0 Å². The molecule has 0 amide bonds. The van der Waals surface area contributed by atoms with Crippen LogP contribution in [0.3, 0.4) is 0 Å². The zero-order valence-electron chi connectivity index (χ0n) is 19.9. The zero-order valence-corrected chi connectivity index (χ0v) is 19.9. The van der Waals surface area contributed by atoms with Crippen LogP contribution < -0.4 is 4.74 Å². The smallest absolute Gasteiger partial charge is 0.156 e. The van der Waals surface area contributed by atoms with Crippen molar-refractivity contribution in [3.63, 3.8) is 0 Å². The molecule has 0 radical (unpaired) electrons. The number of methoxy groups -OCH3 is 3. The van der Waals surface area contributed by atoms with Gasteiger partial charge in [-0.2, -0.15) is 0 Å². The zero-order chi connectivity index (χ0) is 22.5. The topological polar surface area (TPSA) is 44.8 Å². The molecule has 0 bridgehead atoms. The number of fused-ring (bicyclic) bond motifs is 4. The van der Waals surface area contributed by atoms with Gasteiger partial charge in [-0.1, -0.05) is 24.6 Å². The van der Waals surface area contributed by atoms with E-state index in [0.717, 1.165) is 37.9 Å². The van der Waals surface area contributed by atoms with E-state index in [1.165, 1.54) is 23.1 Å². The molecule has 4 aliphatic carbocycles. The SMILES string of the molecule is COC[C@]1(OC)CC[C@H]2[C@@H]3CCC4=CC(=O)CCC4=C3[C@@H](c3ccc(OC)cc3)CC21C. The van der Waals surface area contributed by atoms with E-state index in [2.05, 4.69) is 31.2 Å². The number of carbonyl (C=O) groups is 1. The highest BCUT2D eigenvalue weighted by Crippen LogP contribution is 2.67. The van der Waals surface area contributed by atoms with E-state index in [9.17, 15) is 4.79 Å². The van der Waals surface area contributed by atoms with Gasteiger partial charge in [0.05, 0.1) is 19.3 Å². The molecule has 0 spiro atoms. The highest BCUT2D eigenvalue weighted by atomic mass is 16.5. The van der Waals surface area contributed by atoms with Gasteiger partial charge in [0.1, 0.15) is 5.75 Å². The third kappa shape index (κ3) is 3.13. The Balaban J connectivity index is 1.66. The summed E-state index contributed by atoms with van der Waals surface area (Å²) in [7, 11) is 5.39. The number of benzene rings is 1. The Hall–Kier alpha value is -1.91. The minimum absolute atomic E-state index is 0.0444. The van der Waals surface area contributed by atoms with E-state index >= 15 is 0 Å². The molecule has 4 aliphatic rings. The van der Waals surface area contributed by atoms with Gasteiger partial charge < -0.3 is 14.2 Å². The average molecular weight is 437 g/mol. The first-order valence-electron chi connectivity index (χ1n) is 12.1. The van der Waals surface area contributed by atoms with Gasteiger partial charge in [-0.3, -0.25) is 4.79 Å². The first-order valence-corrected chi connectivity index (χ1v) is 12.1. The maximum atomic E-state index is 12.2. The molecule has 5 rings (SSSR count). The molecule has 1 aromatic carbocycles. The highest BCUT2D eigenvalue weighted by molar-refractivity contribution is 5.93. The van der Waals surface area contributed by atoms with E-state index < -0.39 is 0 Å². The lowest BCUT2D eigenvalue weighted by atomic mass is 9.51. The molecule has 0 aromatic heterocycles. The van der Waals surface area contributed by atoms with Crippen LogP contribution in [0.2, 0.25) is 0 Å². The Kier molecular flexibility index (Phi) is 5.58. The molecule has 1 aromatic rings. The summed E-state index contributed by atoms with van der Waals surface area (Å²) >= 11 is 0. The molecule has 0 aliphatic heterocycles. The number of ketones is 1. The molecule has 172 valence electrons. The minimum atomic E-state index is -0.244. The molecule has 32 heavy (non-hydrogen) atoms. The summed E-state index contributed by atoms with van der Waals surface area (Å²) in [6.07, 6.45) is 8.95. The predicted molar refractivity (Wildman–Crippen MR) is 125 cm³/mol. The molecule has 1 unspecified atom stereocenters. The molecule has 5 atom stereocenters. The van der Waals surface area contributed by atoms with E-state index in [0.29, 0.717) is 36.6 Å². The molecular weight excluding hydrogens is 400 g/mol. The van der Waals surface area contributed by atoms with Crippen molar-refractivity contribution < 1.29 is 19.0 Å². The second kappa shape index (κ2) is 8.14. The standard InChI is InChI=1S/C28H36O4/c1-27-16-24(18-5-9-21(31-3)10-6-18)26-22-12-8-20(29)15-19(22)7-11-23(26)25(27)13-14-28(27,32-4)17-30-2/h5-6,9-10,15,23-25H,7-8,11-14,16-17H2,1-4H3/t23-,24+,25-,27?,28+/m0/s1. The van der Waals surface area contributed by atoms with Crippen molar-refractivity contribution in [1.29, 1.82) is 0 Å². The van der Waals surface area contributed by atoms with Crippen LogP contribution in [0.25, 0.3) is 0 Å². The van der Waals surface area contributed by atoms with Gasteiger partial charge in [0.25, 0.3) is 0 Å². The second-order valence-electron chi connectivity index (χ2n) is 10.4. The minimum Gasteiger partial charge on any atom is -0.497 e. The van der Waals surface area contributed by atoms with Crippen molar-refractivity contribution in [3.05, 3.63) is 52.6 Å². The van der Waals surface area contributed by atoms with Crippen molar-refractivity contribution in [2.45, 2.75) is 63.4 Å². The third-order valence-electron chi connectivity index (χ3n) is 9.31. The lowest BCUT2D eigenvalue weighted by Gasteiger charge is -2.55. The fraction of sp³-hybridized carbons (Fsp3) is 0.607. The average Bonchev–Trinajstić information content (AvgIpc) is 3.10. The van der Waals surface area contributed by atoms with Crippen LogP contribution in [0, 0.1) is 17.3 Å². The van der Waals surface area contributed by atoms with E-state index in [1.807, 2.05) is 13.2 Å². The van der Waals surface area contributed by atoms with Crippen LogP contribution in [0.5, 0.6) is 5.75 Å². The Morgan fingerprint density at radius 1 is 1.03 bits per heavy atom. The normalized spacial score (nSPS) is 36.3. The molecule has 2 fully saturated rings. The monoisotopic (exact) mass is 436 g/mol. The van der Waals surface area contributed by atoms with E-state index in [4.69, 9.17) is 14.2 Å². The van der Waals surface area contributed by atoms with Gasteiger partial charge in [0.2, 0.25) is 0 Å². The molecule has 0 heterocycles. The fourth-order valence-corrected chi connectivity index (χ4v) is 7.74. The summed E-state index contributed by atoms with van der Waals surface area (Å²) < 4.78 is 17.5. The number of allylic oxidation sites excluding steroid dienone is 4. The van der Waals surface area contributed by atoms with Crippen molar-refractivity contribution in [3.8, 4) is 5.75 Å². The van der Waals surface area contributed by atoms with Gasteiger partial charge in [-0.25, -0.2) is 0 Å². The summed E-state index contributed by atoms with van der Waals surface area (Å²) in [4.78, 5) is 12.2. The number of carbonyl (C=O) groups excluding carboxylic acids is 1. The number of ether oxygens (including phenoxy) is 3. The predicted octanol–water partition coefficient (Wildman–Crippen LogP) is 5.63. The van der Waals surface area contributed by atoms with Crippen LogP contribution in [0.15, 0.2) is 47.1 Å². The second-order valence-corrected chi connectivity index (χ2v) is 10.4. The van der Waals surface area contributed by atoms with Gasteiger partial charge in [-0.05, 0) is 85.3 Å². The summed E-state index contributed by atoms with van der Waals surface area (Å²) in [5.41, 5.74) is 5.57. The molecule has 0 N–H and O–H groups in total. The Morgan fingerprint density at radius 3 is 2.50 bits per heavy atom. The molecular formula is C28H36O4. The van der Waals surface area contributed by atoms with Crippen LogP contribution in [0.1, 0.15) is 63.4 Å². The Bertz CT molecular complexity index is 958. The molecule has 4 heteroatoms. The summed E-state index contributed by atoms with van der Waals surface area (Å²) in [5, 5.41) is 0. The summed E-state index contributed by atoms with van der Waals surface area (Å²) in [5.74, 6) is 2.66. The number of rotatable bonds is 5. The van der Waals surface area contributed by atoms with Crippen molar-refractivity contribution >= 4 is 5.78 Å². The first-order chi connectivity index (χ1) is 15.5. The number of hydrogen-bond acceptors (Lipinski definition) is 4. The van der Waals surface area contributed by atoms with Crippen LogP contribution in [0.4, 0.5) is 0 Å². The Morgan fingerprint density at radius 2 is 1.81 bits per heavy atom.